The van der Waals surface area contributed by atoms with Crippen LogP contribution in [0.25, 0.3) is 10.8 Å². The summed E-state index contributed by atoms with van der Waals surface area (Å²) >= 11 is 0. The van der Waals surface area contributed by atoms with Gasteiger partial charge in [0.25, 0.3) is 10.1 Å². The third-order valence-electron chi connectivity index (χ3n) is 2.66. The number of nitrogen functional groups attached to an aromatic ring is 1. The Balaban J connectivity index is 2.97. The molecule has 0 atom stereocenters. The number of Topliss-reactive ketones (excluding diaryl/α,β-unsaturated/α-hetero) is 1. The predicted octanol–water partition coefficient (Wildman–Crippen LogP) is 1.87. The van der Waals surface area contributed by atoms with Gasteiger partial charge in [-0.2, -0.15) is 8.42 Å². The van der Waals surface area contributed by atoms with E-state index in [0.29, 0.717) is 16.6 Å². The highest BCUT2D eigenvalue weighted by atomic mass is 32.2. The summed E-state index contributed by atoms with van der Waals surface area (Å²) in [5.74, 6) is -0.201. The molecular formula is C12H11NO4S. The Kier molecular flexibility index (Phi) is 2.84. The highest BCUT2D eigenvalue weighted by molar-refractivity contribution is 7.86. The number of ketones is 1. The maximum atomic E-state index is 11.5. The van der Waals surface area contributed by atoms with Gasteiger partial charge in [0.05, 0.1) is 0 Å². The molecule has 0 saturated heterocycles. The van der Waals surface area contributed by atoms with Crippen molar-refractivity contribution in [3.05, 3.63) is 35.9 Å². The third-order valence-corrected chi connectivity index (χ3v) is 3.57. The van der Waals surface area contributed by atoms with E-state index >= 15 is 0 Å². The Morgan fingerprint density at radius 2 is 1.83 bits per heavy atom. The first-order valence-corrected chi connectivity index (χ1v) is 6.55. The van der Waals surface area contributed by atoms with Gasteiger partial charge in [-0.3, -0.25) is 9.35 Å². The topological polar surface area (TPSA) is 97.5 Å². The number of hydrogen-bond acceptors (Lipinski definition) is 4. The van der Waals surface area contributed by atoms with Crippen molar-refractivity contribution in [2.75, 3.05) is 5.73 Å². The standard InChI is InChI=1S/C12H11NO4S/c1-7(14)9-4-5-12(18(15,16)17)10-3-2-8(13)6-11(9)10/h2-6H,13H2,1H3,(H,15,16,17). The highest BCUT2D eigenvalue weighted by Crippen LogP contribution is 2.28. The van der Waals surface area contributed by atoms with Gasteiger partial charge >= 0.3 is 0 Å². The summed E-state index contributed by atoms with van der Waals surface area (Å²) in [7, 11) is -4.34. The van der Waals surface area contributed by atoms with Gasteiger partial charge in [0.2, 0.25) is 0 Å². The van der Waals surface area contributed by atoms with E-state index in [4.69, 9.17) is 10.3 Å². The molecule has 2 aromatic carbocycles. The van der Waals surface area contributed by atoms with Crippen LogP contribution in [0.4, 0.5) is 5.69 Å². The lowest BCUT2D eigenvalue weighted by Gasteiger charge is -2.08. The molecule has 0 amide bonds. The number of hydrogen-bond donors (Lipinski definition) is 2. The lowest BCUT2D eigenvalue weighted by molar-refractivity contribution is 0.101. The van der Waals surface area contributed by atoms with Crippen LogP contribution in [0.5, 0.6) is 0 Å². The lowest BCUT2D eigenvalue weighted by atomic mass is 10.0. The molecule has 3 N–H and O–H groups in total. The molecule has 0 bridgehead atoms. The van der Waals surface area contributed by atoms with Crippen molar-refractivity contribution in [3.8, 4) is 0 Å². The van der Waals surface area contributed by atoms with Crippen LogP contribution in [0, 0.1) is 0 Å². The molecule has 0 unspecified atom stereocenters. The van der Waals surface area contributed by atoms with Crippen LogP contribution in [0.2, 0.25) is 0 Å². The van der Waals surface area contributed by atoms with Crippen LogP contribution in [0.1, 0.15) is 17.3 Å². The number of carbonyl (C=O) groups excluding carboxylic acids is 1. The molecule has 0 aromatic heterocycles. The maximum absolute atomic E-state index is 11.5. The van der Waals surface area contributed by atoms with Crippen molar-refractivity contribution < 1.29 is 17.8 Å². The van der Waals surface area contributed by atoms with Crippen LogP contribution in [-0.4, -0.2) is 18.8 Å². The van der Waals surface area contributed by atoms with Crippen LogP contribution < -0.4 is 5.73 Å². The monoisotopic (exact) mass is 265 g/mol. The summed E-state index contributed by atoms with van der Waals surface area (Å²) < 4.78 is 31.6. The van der Waals surface area contributed by atoms with Gasteiger partial charge in [-0.05, 0) is 36.6 Å². The second kappa shape index (κ2) is 4.08. The first-order valence-electron chi connectivity index (χ1n) is 5.11. The van der Waals surface area contributed by atoms with E-state index in [1.807, 2.05) is 0 Å². The van der Waals surface area contributed by atoms with E-state index in [2.05, 4.69) is 0 Å². The summed E-state index contributed by atoms with van der Waals surface area (Å²) in [6, 6.07) is 7.08. The van der Waals surface area contributed by atoms with Crippen LogP contribution >= 0.6 is 0 Å². The molecule has 0 saturated carbocycles. The lowest BCUT2D eigenvalue weighted by Crippen LogP contribution is -2.02. The molecule has 0 aliphatic carbocycles. The summed E-state index contributed by atoms with van der Waals surface area (Å²) in [5, 5.41) is 0.692. The van der Waals surface area contributed by atoms with E-state index in [1.165, 1.54) is 37.3 Å². The van der Waals surface area contributed by atoms with Crippen molar-refractivity contribution in [2.24, 2.45) is 0 Å². The molecular weight excluding hydrogens is 254 g/mol. The summed E-state index contributed by atoms with van der Waals surface area (Å²) in [6.45, 7) is 1.38. The van der Waals surface area contributed by atoms with Crippen molar-refractivity contribution in [1.29, 1.82) is 0 Å². The molecule has 2 aromatic rings. The average molecular weight is 265 g/mol. The third kappa shape index (κ3) is 2.07. The number of fused-ring (bicyclic) bond motifs is 1. The number of rotatable bonds is 2. The van der Waals surface area contributed by atoms with Crippen LogP contribution in [0.15, 0.2) is 35.2 Å². The van der Waals surface area contributed by atoms with Crippen molar-refractivity contribution in [1.82, 2.24) is 0 Å². The zero-order valence-electron chi connectivity index (χ0n) is 9.54. The molecule has 18 heavy (non-hydrogen) atoms. The molecule has 0 heterocycles. The fraction of sp³-hybridized carbons (Fsp3) is 0.0833. The minimum atomic E-state index is -4.34. The van der Waals surface area contributed by atoms with Crippen LogP contribution in [0.3, 0.4) is 0 Å². The quantitative estimate of drug-likeness (QED) is 0.490. The van der Waals surface area contributed by atoms with E-state index in [-0.39, 0.29) is 16.1 Å². The number of nitrogens with two attached hydrogens (primary N) is 1. The fourth-order valence-corrected chi connectivity index (χ4v) is 2.57. The van der Waals surface area contributed by atoms with Gasteiger partial charge in [0.15, 0.2) is 5.78 Å². The molecule has 0 spiro atoms. The normalized spacial score (nSPS) is 11.7. The van der Waals surface area contributed by atoms with E-state index in [1.54, 1.807) is 0 Å². The van der Waals surface area contributed by atoms with E-state index < -0.39 is 10.1 Å². The number of benzene rings is 2. The Bertz CT molecular complexity index is 750. The Morgan fingerprint density at radius 3 is 2.39 bits per heavy atom. The summed E-state index contributed by atoms with van der Waals surface area (Å²) in [6.07, 6.45) is 0. The second-order valence-electron chi connectivity index (χ2n) is 3.95. The Hall–Kier alpha value is -1.92. The van der Waals surface area contributed by atoms with E-state index in [0.717, 1.165) is 0 Å². The van der Waals surface area contributed by atoms with Gasteiger partial charge in [-0.25, -0.2) is 0 Å². The second-order valence-corrected chi connectivity index (χ2v) is 5.34. The Morgan fingerprint density at radius 1 is 1.17 bits per heavy atom. The number of carbonyl (C=O) groups is 1. The van der Waals surface area contributed by atoms with Crippen molar-refractivity contribution in [2.45, 2.75) is 11.8 Å². The van der Waals surface area contributed by atoms with Gasteiger partial charge in [-0.1, -0.05) is 6.07 Å². The Labute approximate surface area is 104 Å². The largest absolute Gasteiger partial charge is 0.399 e. The van der Waals surface area contributed by atoms with Gasteiger partial charge in [-0.15, -0.1) is 0 Å². The minimum absolute atomic E-state index is 0.201. The molecule has 5 nitrogen and oxygen atoms in total. The molecule has 94 valence electrons. The van der Waals surface area contributed by atoms with Crippen LogP contribution in [-0.2, 0) is 10.1 Å². The molecule has 2 rings (SSSR count). The zero-order chi connectivity index (χ0) is 13.5. The zero-order valence-corrected chi connectivity index (χ0v) is 10.4. The molecule has 0 aliphatic heterocycles. The smallest absolute Gasteiger partial charge is 0.295 e. The minimum Gasteiger partial charge on any atom is -0.399 e. The fourth-order valence-electron chi connectivity index (χ4n) is 1.87. The SMILES string of the molecule is CC(=O)c1ccc(S(=O)(=O)O)c2ccc(N)cc12. The van der Waals surface area contributed by atoms with E-state index in [9.17, 15) is 13.2 Å². The first kappa shape index (κ1) is 12.5. The average Bonchev–Trinajstić information content (AvgIpc) is 2.25. The van der Waals surface area contributed by atoms with Crippen molar-refractivity contribution in [3.63, 3.8) is 0 Å². The van der Waals surface area contributed by atoms with Crippen molar-refractivity contribution >= 4 is 32.4 Å². The molecule has 0 aliphatic rings. The number of anilines is 1. The molecule has 0 radical (unpaired) electrons. The summed E-state index contributed by atoms with van der Waals surface area (Å²) in [4.78, 5) is 11.2. The summed E-state index contributed by atoms with van der Waals surface area (Å²) in [5.41, 5.74) is 6.41. The van der Waals surface area contributed by atoms with Gasteiger partial charge < -0.3 is 5.73 Å². The first-order chi connectivity index (χ1) is 8.30. The highest BCUT2D eigenvalue weighted by Gasteiger charge is 2.17. The van der Waals surface area contributed by atoms with Gasteiger partial charge in [0, 0.05) is 16.6 Å². The molecule has 0 fully saturated rings. The molecule has 6 heteroatoms. The predicted molar refractivity (Wildman–Crippen MR) is 68.2 cm³/mol. The maximum Gasteiger partial charge on any atom is 0.295 e. The van der Waals surface area contributed by atoms with Gasteiger partial charge in [0.1, 0.15) is 4.90 Å².